The van der Waals surface area contributed by atoms with Crippen molar-refractivity contribution in [1.29, 1.82) is 0 Å². The average Bonchev–Trinajstić information content (AvgIpc) is 3.23. The number of hydrogen-bond acceptors (Lipinski definition) is 3. The molecule has 2 aliphatic rings. The molecule has 4 rings (SSSR count). The van der Waals surface area contributed by atoms with Crippen molar-refractivity contribution >= 4 is 12.4 Å². The Morgan fingerprint density at radius 2 is 1.78 bits per heavy atom. The molecule has 1 aromatic carbocycles. The summed E-state index contributed by atoms with van der Waals surface area (Å²) >= 11 is 0. The number of halogens is 4. The number of aromatic amines is 1. The fraction of sp³-hybridized carbons (Fsp3) is 0.526. The van der Waals surface area contributed by atoms with Crippen LogP contribution in [0.5, 0.6) is 0 Å². The molecule has 0 radical (unpaired) electrons. The van der Waals surface area contributed by atoms with Crippen molar-refractivity contribution in [3.05, 3.63) is 41.6 Å². The lowest BCUT2D eigenvalue weighted by atomic mass is 9.78. The van der Waals surface area contributed by atoms with Crippen molar-refractivity contribution in [3.8, 4) is 11.3 Å². The zero-order chi connectivity index (χ0) is 18.2. The Hall–Kier alpha value is -1.57. The minimum Gasteiger partial charge on any atom is -0.317 e. The topological polar surface area (TPSA) is 44.0 Å². The minimum atomic E-state index is -4.31. The van der Waals surface area contributed by atoms with Gasteiger partial charge in [-0.1, -0.05) is 12.1 Å². The first-order valence-electron chi connectivity index (χ1n) is 9.08. The Morgan fingerprint density at radius 3 is 2.44 bits per heavy atom. The molecule has 0 aliphatic carbocycles. The summed E-state index contributed by atoms with van der Waals surface area (Å²) in [5.41, 5.74) is 2.39. The van der Waals surface area contributed by atoms with Gasteiger partial charge in [-0.2, -0.15) is 18.3 Å². The zero-order valence-corrected chi connectivity index (χ0v) is 15.8. The van der Waals surface area contributed by atoms with E-state index in [9.17, 15) is 13.2 Å². The maximum atomic E-state index is 12.8. The SMILES string of the molecule is Cl.FC(F)(F)c1ccc(-c2[nH]ncc2CN2CCC3(CCNCC3)C2)cc1. The summed E-state index contributed by atoms with van der Waals surface area (Å²) < 4.78 is 38.3. The van der Waals surface area contributed by atoms with Crippen LogP contribution in [-0.4, -0.2) is 41.3 Å². The van der Waals surface area contributed by atoms with Crippen molar-refractivity contribution in [2.75, 3.05) is 26.2 Å². The lowest BCUT2D eigenvalue weighted by Crippen LogP contribution is -2.38. The monoisotopic (exact) mass is 400 g/mol. The fourth-order valence-corrected chi connectivity index (χ4v) is 4.28. The summed E-state index contributed by atoms with van der Waals surface area (Å²) in [6.07, 6.45) is 1.15. The number of benzene rings is 1. The first-order chi connectivity index (χ1) is 12.5. The van der Waals surface area contributed by atoms with Crippen LogP contribution in [0.3, 0.4) is 0 Å². The van der Waals surface area contributed by atoms with Crippen LogP contribution in [0.1, 0.15) is 30.4 Å². The molecule has 1 spiro atoms. The Kier molecular flexibility index (Phi) is 5.84. The first-order valence-corrected chi connectivity index (χ1v) is 9.08. The molecular weight excluding hydrogens is 377 g/mol. The van der Waals surface area contributed by atoms with Crippen LogP contribution in [-0.2, 0) is 12.7 Å². The lowest BCUT2D eigenvalue weighted by molar-refractivity contribution is -0.137. The largest absolute Gasteiger partial charge is 0.416 e. The summed E-state index contributed by atoms with van der Waals surface area (Å²) in [6.45, 7) is 5.12. The maximum absolute atomic E-state index is 12.8. The van der Waals surface area contributed by atoms with Crippen molar-refractivity contribution in [2.45, 2.75) is 32.0 Å². The molecule has 148 valence electrons. The van der Waals surface area contributed by atoms with Crippen LogP contribution in [0.2, 0.25) is 0 Å². The third-order valence-electron chi connectivity index (χ3n) is 5.79. The van der Waals surface area contributed by atoms with Gasteiger partial charge in [0, 0.05) is 18.7 Å². The van der Waals surface area contributed by atoms with E-state index < -0.39 is 11.7 Å². The molecule has 0 unspecified atom stereocenters. The Balaban J connectivity index is 0.00000210. The molecular formula is C19H24ClF3N4. The van der Waals surface area contributed by atoms with E-state index >= 15 is 0 Å². The van der Waals surface area contributed by atoms with Crippen LogP contribution in [0.25, 0.3) is 11.3 Å². The van der Waals surface area contributed by atoms with Gasteiger partial charge in [-0.05, 0) is 62.0 Å². The predicted octanol–water partition coefficient (Wildman–Crippen LogP) is 4.09. The molecule has 0 bridgehead atoms. The van der Waals surface area contributed by atoms with Crippen molar-refractivity contribution in [1.82, 2.24) is 20.4 Å². The number of nitrogens with one attached hydrogen (secondary N) is 2. The number of alkyl halides is 3. The van der Waals surface area contributed by atoms with Gasteiger partial charge in [0.1, 0.15) is 0 Å². The highest BCUT2D eigenvalue weighted by Gasteiger charge is 2.38. The Labute approximate surface area is 162 Å². The van der Waals surface area contributed by atoms with Crippen LogP contribution in [0.15, 0.2) is 30.5 Å². The number of H-pyrrole nitrogens is 1. The van der Waals surface area contributed by atoms with Crippen LogP contribution in [0.4, 0.5) is 13.2 Å². The standard InChI is InChI=1S/C19H23F3N4.ClH/c20-19(21,22)16-3-1-14(2-4-16)17-15(11-24-25-17)12-26-10-7-18(13-26)5-8-23-9-6-18;/h1-4,11,23H,5-10,12-13H2,(H,24,25);1H. The molecule has 1 aromatic heterocycles. The third-order valence-corrected chi connectivity index (χ3v) is 5.79. The van der Waals surface area contributed by atoms with Gasteiger partial charge >= 0.3 is 6.18 Å². The van der Waals surface area contributed by atoms with E-state index in [1.807, 2.05) is 0 Å². The van der Waals surface area contributed by atoms with Gasteiger partial charge in [0.25, 0.3) is 0 Å². The van der Waals surface area contributed by atoms with E-state index in [2.05, 4.69) is 20.4 Å². The highest BCUT2D eigenvalue weighted by Crippen LogP contribution is 2.39. The molecule has 4 nitrogen and oxygen atoms in total. The molecule has 2 saturated heterocycles. The fourth-order valence-electron chi connectivity index (χ4n) is 4.28. The summed E-state index contributed by atoms with van der Waals surface area (Å²) in [6, 6.07) is 5.27. The van der Waals surface area contributed by atoms with E-state index in [1.54, 1.807) is 6.20 Å². The molecule has 0 atom stereocenters. The smallest absolute Gasteiger partial charge is 0.317 e. The van der Waals surface area contributed by atoms with E-state index in [1.165, 1.54) is 31.4 Å². The second-order valence-corrected chi connectivity index (χ2v) is 7.56. The number of aromatic nitrogens is 2. The first kappa shape index (κ1) is 20.2. The van der Waals surface area contributed by atoms with Crippen molar-refractivity contribution in [2.24, 2.45) is 5.41 Å². The predicted molar refractivity (Wildman–Crippen MR) is 101 cm³/mol. The number of nitrogens with zero attached hydrogens (tertiary/aromatic N) is 2. The second-order valence-electron chi connectivity index (χ2n) is 7.56. The molecule has 2 aliphatic heterocycles. The summed E-state index contributed by atoms with van der Waals surface area (Å²) in [5.74, 6) is 0. The highest BCUT2D eigenvalue weighted by molar-refractivity contribution is 5.85. The molecule has 0 saturated carbocycles. The summed E-state index contributed by atoms with van der Waals surface area (Å²) in [5, 5.41) is 10.5. The van der Waals surface area contributed by atoms with E-state index in [4.69, 9.17) is 0 Å². The van der Waals surface area contributed by atoms with Gasteiger partial charge < -0.3 is 5.32 Å². The zero-order valence-electron chi connectivity index (χ0n) is 15.0. The van der Waals surface area contributed by atoms with E-state index in [0.717, 1.165) is 61.7 Å². The molecule has 8 heteroatoms. The van der Waals surface area contributed by atoms with Gasteiger partial charge in [0.15, 0.2) is 0 Å². The second kappa shape index (κ2) is 7.81. The summed E-state index contributed by atoms with van der Waals surface area (Å²) in [4.78, 5) is 2.45. The number of likely N-dealkylation sites (tertiary alicyclic amines) is 1. The average molecular weight is 401 g/mol. The number of hydrogen-bond donors (Lipinski definition) is 2. The van der Waals surface area contributed by atoms with Crippen molar-refractivity contribution < 1.29 is 13.2 Å². The molecule has 0 amide bonds. The molecule has 2 fully saturated rings. The lowest BCUT2D eigenvalue weighted by Gasteiger charge is -2.33. The molecule has 2 N–H and O–H groups in total. The van der Waals surface area contributed by atoms with Gasteiger partial charge in [-0.15, -0.1) is 12.4 Å². The third kappa shape index (κ3) is 4.31. The minimum absolute atomic E-state index is 0. The van der Waals surface area contributed by atoms with Gasteiger partial charge in [-0.25, -0.2) is 0 Å². The normalized spacial score (nSPS) is 20.0. The van der Waals surface area contributed by atoms with Gasteiger partial charge in [0.2, 0.25) is 0 Å². The number of rotatable bonds is 3. The van der Waals surface area contributed by atoms with E-state index in [0.29, 0.717) is 5.41 Å². The van der Waals surface area contributed by atoms with Crippen LogP contribution in [0, 0.1) is 5.41 Å². The maximum Gasteiger partial charge on any atom is 0.416 e. The van der Waals surface area contributed by atoms with Crippen LogP contribution < -0.4 is 5.32 Å². The van der Waals surface area contributed by atoms with Crippen LogP contribution >= 0.6 is 12.4 Å². The van der Waals surface area contributed by atoms with Gasteiger partial charge in [0.05, 0.1) is 17.5 Å². The quantitative estimate of drug-likeness (QED) is 0.815. The number of piperidine rings is 1. The van der Waals surface area contributed by atoms with Gasteiger partial charge in [-0.3, -0.25) is 10.00 Å². The van der Waals surface area contributed by atoms with E-state index in [-0.39, 0.29) is 12.4 Å². The molecule has 2 aromatic rings. The highest BCUT2D eigenvalue weighted by atomic mass is 35.5. The summed E-state index contributed by atoms with van der Waals surface area (Å²) in [7, 11) is 0. The molecule has 27 heavy (non-hydrogen) atoms. The Bertz CT molecular complexity index is 751. The van der Waals surface area contributed by atoms with Crippen molar-refractivity contribution in [3.63, 3.8) is 0 Å². The Morgan fingerprint density at radius 1 is 1.07 bits per heavy atom. The molecule has 3 heterocycles.